The van der Waals surface area contributed by atoms with E-state index in [0.717, 1.165) is 13.2 Å². The third kappa shape index (κ3) is 124. The van der Waals surface area contributed by atoms with Gasteiger partial charge in [-0.1, -0.05) is 90.5 Å². The molecule has 0 N–H and O–H groups in total. The van der Waals surface area contributed by atoms with E-state index in [4.69, 9.17) is 4.74 Å². The van der Waals surface area contributed by atoms with Crippen molar-refractivity contribution in [2.45, 2.75) is 103 Å². The number of hydrogen-bond donors (Lipinski definition) is 0. The molecule has 1 aliphatic rings. The zero-order valence-electron chi connectivity index (χ0n) is 51.8. The van der Waals surface area contributed by atoms with Crippen LogP contribution < -0.4 is 226 Å². The van der Waals surface area contributed by atoms with Gasteiger partial charge in [0, 0.05) is 46.9 Å². The first-order chi connectivity index (χ1) is 15.9. The average molecular weight is 632 g/mol. The van der Waals surface area contributed by atoms with Gasteiger partial charge in [-0.05, 0) is 91.4 Å². The topological polar surface area (TPSA) is 22.2 Å². The van der Waals surface area contributed by atoms with E-state index in [2.05, 4.69) is 103 Å². The molecular weight excluding hydrogens is 547 g/mol. The van der Waals surface area contributed by atoms with Gasteiger partial charge < -0.3 is 41.5 Å². The van der Waals surface area contributed by atoms with Crippen molar-refractivity contribution in [1.82, 2.24) is 19.6 Å². The second-order valence-corrected chi connectivity index (χ2v) is 7.80. The maximum absolute atomic E-state index is 4.94. The van der Waals surface area contributed by atoms with Gasteiger partial charge in [0.2, 0.25) is 0 Å². The van der Waals surface area contributed by atoms with Crippen LogP contribution in [-0.2, 0) is 4.74 Å². The van der Waals surface area contributed by atoms with Gasteiger partial charge in [-0.2, -0.15) is 0 Å². The molecule has 5 nitrogen and oxygen atoms in total. The summed E-state index contributed by atoms with van der Waals surface area (Å²) in [6.45, 7) is 42.5. The molecule has 0 unspecified atom stereocenters. The molecule has 1 saturated heterocycles. The fraction of sp³-hybridized carbons (Fsp3) is 1.00. The van der Waals surface area contributed by atoms with Crippen molar-refractivity contribution in [2.24, 2.45) is 0 Å². The molecule has 50 heavy (non-hydrogen) atoms. The van der Waals surface area contributed by atoms with Gasteiger partial charge in [-0.15, -0.1) is 0 Å². The molecule has 21 heteroatoms. The quantitative estimate of drug-likeness (QED) is 0.199. The molecule has 1 heterocycles. The summed E-state index contributed by atoms with van der Waals surface area (Å²) >= 11 is 0. The minimum Gasteiger partial charge on any atom is -1.00 e. The summed E-state index contributed by atoms with van der Waals surface area (Å²) in [6.07, 6.45) is 2.56. The summed E-state index contributed by atoms with van der Waals surface area (Å²) in [6, 6.07) is 0. The molecular formula is C29H84B4Li12N4O. The Balaban J connectivity index is -0.00000000490. The Morgan fingerprint density at radius 3 is 0.420 bits per heavy atom. The Bertz CT molecular complexity index is 310. The van der Waals surface area contributed by atoms with Crippen LogP contribution in [-0.4, -0.2) is 145 Å². The second kappa shape index (κ2) is 131. The number of nitrogens with zero attached hydrogens (tertiary/aromatic N) is 4. The largest absolute Gasteiger partial charge is 1.00 e. The van der Waals surface area contributed by atoms with Crippen LogP contribution in [0.1, 0.15) is 120 Å². The molecule has 1 aliphatic heterocycles. The molecule has 1 fully saturated rings. The standard InChI is InChI=1S/4C6H15N.C4H8O.CH4.4B.12Li.12H/c4*1-4-7(5-2)6-3;1-2-4-5-3-1;;;;;;;;;;;;;;;;;;;;;;;;;;;;;/h4*4-6H2,1-3H3;1-4H2;1H4;;;;;;;;;;;;;;;;;;;;;;;;;;;;/q;;;;;;;;;;12*+1;12*-1. The van der Waals surface area contributed by atoms with Crippen molar-refractivity contribution in [1.29, 1.82) is 0 Å². The van der Waals surface area contributed by atoms with E-state index in [0.29, 0.717) is 0 Å². The summed E-state index contributed by atoms with van der Waals surface area (Å²) in [4.78, 5) is 9.50. The van der Waals surface area contributed by atoms with Gasteiger partial charge in [0.1, 0.15) is 0 Å². The van der Waals surface area contributed by atoms with Crippen molar-refractivity contribution in [3.8, 4) is 0 Å². The molecule has 0 atom stereocenters. The first-order valence-corrected chi connectivity index (χ1v) is 14.4. The third-order valence-electron chi connectivity index (χ3n) is 6.19. The molecule has 0 aromatic carbocycles. The Kier molecular flexibility index (Phi) is 360. The van der Waals surface area contributed by atoms with Crippen LogP contribution in [0.3, 0.4) is 0 Å². The van der Waals surface area contributed by atoms with E-state index in [1.807, 2.05) is 0 Å². The van der Waals surface area contributed by atoms with E-state index in [-0.39, 0.29) is 285 Å². The summed E-state index contributed by atoms with van der Waals surface area (Å²) in [7, 11) is 0. The van der Waals surface area contributed by atoms with Crippen LogP contribution >= 0.6 is 0 Å². The van der Waals surface area contributed by atoms with Crippen molar-refractivity contribution >= 4 is 33.7 Å². The van der Waals surface area contributed by atoms with E-state index in [1.165, 1.54) is 91.4 Å². The summed E-state index contributed by atoms with van der Waals surface area (Å²) in [5.74, 6) is 0. The SMILES string of the molecule is C.C1CCOC1.CCN(CC)CC.CCN(CC)CC.CCN(CC)CC.CCN(CC)CC.[B].[B].[B].[B].[H-].[H-].[H-].[H-].[H-].[H-].[H-].[H-].[H-].[H-].[H-].[H-].[Li+].[Li+].[Li+].[Li+].[Li+].[Li+].[Li+].[Li+].[Li+].[Li+].[Li+].[Li+]. The van der Waals surface area contributed by atoms with E-state index in [9.17, 15) is 0 Å². The molecule has 0 saturated carbocycles. The first kappa shape index (κ1) is 138. The fourth-order valence-corrected chi connectivity index (χ4v) is 3.19. The van der Waals surface area contributed by atoms with Gasteiger partial charge in [0.25, 0.3) is 0 Å². The average Bonchev–Trinajstić information content (AvgIpc) is 3.45. The number of rotatable bonds is 12. The minimum atomic E-state index is 0. The van der Waals surface area contributed by atoms with Crippen LogP contribution in [0, 0.1) is 0 Å². The van der Waals surface area contributed by atoms with Crippen molar-refractivity contribution in [3.05, 3.63) is 0 Å². The van der Waals surface area contributed by atoms with E-state index >= 15 is 0 Å². The zero-order valence-corrected chi connectivity index (χ0v) is 39.8. The fourth-order valence-electron chi connectivity index (χ4n) is 3.19. The third-order valence-corrected chi connectivity index (χ3v) is 6.19. The Labute approximate surface area is 490 Å². The molecule has 12 radical (unpaired) electrons. The van der Waals surface area contributed by atoms with E-state index < -0.39 is 0 Å². The molecule has 0 spiro atoms. The van der Waals surface area contributed by atoms with Gasteiger partial charge in [-0.25, -0.2) is 0 Å². The number of hydrogen-bond acceptors (Lipinski definition) is 5. The van der Waals surface area contributed by atoms with E-state index in [1.54, 1.807) is 0 Å². The van der Waals surface area contributed by atoms with Crippen LogP contribution in [0.2, 0.25) is 0 Å². The molecule has 0 aromatic heterocycles. The minimum absolute atomic E-state index is 0. The Morgan fingerprint density at radius 2 is 0.400 bits per heavy atom. The Morgan fingerprint density at radius 1 is 0.300 bits per heavy atom. The molecule has 0 aliphatic carbocycles. The van der Waals surface area contributed by atoms with Crippen LogP contribution in [0.4, 0.5) is 0 Å². The van der Waals surface area contributed by atoms with Crippen LogP contribution in [0.25, 0.3) is 0 Å². The molecule has 0 bridgehead atoms. The van der Waals surface area contributed by atoms with Gasteiger partial charge in [0.05, 0.1) is 0 Å². The van der Waals surface area contributed by atoms with Crippen molar-refractivity contribution < 1.29 is 248 Å². The summed E-state index contributed by atoms with van der Waals surface area (Å²) < 4.78 is 4.94. The zero-order chi connectivity index (χ0) is 26.3. The van der Waals surface area contributed by atoms with Gasteiger partial charge in [0.15, 0.2) is 0 Å². The molecule has 0 amide bonds. The van der Waals surface area contributed by atoms with Crippen LogP contribution in [0.15, 0.2) is 0 Å². The number of ether oxygens (including phenoxy) is 1. The monoisotopic (exact) mass is 633 g/mol. The maximum atomic E-state index is 4.94. The molecule has 1 rings (SSSR count). The van der Waals surface area contributed by atoms with Crippen LogP contribution in [0.5, 0.6) is 0 Å². The predicted octanol–water partition coefficient (Wildman–Crippen LogP) is -29.3. The molecule has 0 aromatic rings. The Hall–Kier alpha value is 7.23. The van der Waals surface area contributed by atoms with Crippen molar-refractivity contribution in [3.63, 3.8) is 0 Å². The van der Waals surface area contributed by atoms with Crippen molar-refractivity contribution in [2.75, 3.05) is 91.8 Å². The van der Waals surface area contributed by atoms with Gasteiger partial charge >= 0.3 is 226 Å². The maximum Gasteiger partial charge on any atom is 1.00 e. The smallest absolute Gasteiger partial charge is 1.00 e. The summed E-state index contributed by atoms with van der Waals surface area (Å²) in [5.41, 5.74) is 0. The predicted molar refractivity (Wildman–Crippen MR) is 197 cm³/mol. The second-order valence-electron chi connectivity index (χ2n) is 7.80. The van der Waals surface area contributed by atoms with Gasteiger partial charge in [-0.3, -0.25) is 0 Å². The first-order valence-electron chi connectivity index (χ1n) is 14.4. The molecule has 250 valence electrons. The summed E-state index contributed by atoms with van der Waals surface area (Å²) in [5, 5.41) is 0. The normalized spacial score (nSPS) is 8.16.